The molecule has 0 heterocycles. The molecule has 0 radical (unpaired) electrons. The van der Waals surface area contributed by atoms with Gasteiger partial charge in [-0.15, -0.1) is 11.8 Å². The van der Waals surface area contributed by atoms with Crippen LogP contribution in [0.5, 0.6) is 5.75 Å². The Morgan fingerprint density at radius 1 is 0.889 bits per heavy atom. The summed E-state index contributed by atoms with van der Waals surface area (Å²) >= 11 is 7.62. The maximum Gasteiger partial charge on any atom is 0.264 e. The zero-order chi connectivity index (χ0) is 32.4. The van der Waals surface area contributed by atoms with Gasteiger partial charge in [0.2, 0.25) is 11.8 Å². The average Bonchev–Trinajstić information content (AvgIpc) is 3.06. The number of thioether (sulfide) groups is 1. The van der Waals surface area contributed by atoms with E-state index < -0.39 is 28.5 Å². The van der Waals surface area contributed by atoms with Gasteiger partial charge >= 0.3 is 0 Å². The number of ether oxygens (including phenoxy) is 1. The Kier molecular flexibility index (Phi) is 11.9. The summed E-state index contributed by atoms with van der Waals surface area (Å²) in [6, 6.07) is 28.6. The third-order valence-electron chi connectivity index (χ3n) is 7.14. The van der Waals surface area contributed by atoms with Crippen molar-refractivity contribution in [2.45, 2.75) is 35.7 Å². The van der Waals surface area contributed by atoms with Crippen LogP contribution in [0, 0.1) is 0 Å². The summed E-state index contributed by atoms with van der Waals surface area (Å²) in [6.07, 6.45) is 2.12. The number of hydrogen-bond donors (Lipinski definition) is 1. The molecule has 4 aromatic rings. The van der Waals surface area contributed by atoms with Crippen LogP contribution in [0.25, 0.3) is 0 Å². The van der Waals surface area contributed by atoms with Crippen molar-refractivity contribution in [2.75, 3.05) is 30.8 Å². The first-order chi connectivity index (χ1) is 21.7. The van der Waals surface area contributed by atoms with Crippen molar-refractivity contribution in [2.24, 2.45) is 0 Å². The van der Waals surface area contributed by atoms with Crippen LogP contribution < -0.4 is 14.4 Å². The third-order valence-corrected chi connectivity index (χ3v) is 9.91. The molecule has 0 aliphatic rings. The van der Waals surface area contributed by atoms with E-state index in [-0.39, 0.29) is 29.5 Å². The van der Waals surface area contributed by atoms with Gasteiger partial charge in [-0.3, -0.25) is 13.9 Å². The molecular weight excluding hydrogens is 630 g/mol. The zero-order valence-electron chi connectivity index (χ0n) is 25.4. The summed E-state index contributed by atoms with van der Waals surface area (Å²) in [7, 11) is -2.75. The number of sulfonamides is 1. The van der Waals surface area contributed by atoms with Gasteiger partial charge in [-0.1, -0.05) is 66.2 Å². The molecule has 11 heteroatoms. The number of nitrogens with one attached hydrogen (secondary N) is 1. The molecule has 0 bridgehead atoms. The highest BCUT2D eigenvalue weighted by Gasteiger charge is 2.35. The molecule has 45 heavy (non-hydrogen) atoms. The number of hydrogen-bond acceptors (Lipinski definition) is 6. The molecule has 1 unspecified atom stereocenters. The molecule has 1 atom stereocenters. The lowest BCUT2D eigenvalue weighted by Crippen LogP contribution is -2.53. The van der Waals surface area contributed by atoms with Crippen LogP contribution >= 0.6 is 23.4 Å². The SMILES string of the molecule is CCOc1ccccc1N(CC(=O)N(Cc1ccc(Cl)cc1)C(Cc1ccccc1)C(=O)NC)S(=O)(=O)c1ccc(SC)cc1. The number of likely N-dealkylation sites (N-methyl/N-ethyl adjacent to an activating group) is 1. The van der Waals surface area contributed by atoms with E-state index in [0.717, 1.165) is 20.3 Å². The molecule has 0 aliphatic carbocycles. The Morgan fingerprint density at radius 2 is 1.53 bits per heavy atom. The average molecular weight is 666 g/mol. The largest absolute Gasteiger partial charge is 0.492 e. The van der Waals surface area contributed by atoms with Crippen LogP contribution in [0.4, 0.5) is 5.69 Å². The highest BCUT2D eigenvalue weighted by Crippen LogP contribution is 2.33. The minimum absolute atomic E-state index is 0.0239. The first kappa shape index (κ1) is 33.9. The normalized spacial score (nSPS) is 11.8. The molecule has 0 fully saturated rings. The Morgan fingerprint density at radius 3 is 2.16 bits per heavy atom. The van der Waals surface area contributed by atoms with Crippen molar-refractivity contribution in [1.82, 2.24) is 10.2 Å². The van der Waals surface area contributed by atoms with Gasteiger partial charge < -0.3 is 15.0 Å². The minimum Gasteiger partial charge on any atom is -0.492 e. The molecule has 236 valence electrons. The lowest BCUT2D eigenvalue weighted by molar-refractivity contribution is -0.139. The molecule has 0 aromatic heterocycles. The molecule has 0 aliphatic heterocycles. The van der Waals surface area contributed by atoms with Crippen molar-refractivity contribution in [1.29, 1.82) is 0 Å². The van der Waals surface area contributed by atoms with Crippen molar-refractivity contribution in [3.05, 3.63) is 119 Å². The monoisotopic (exact) mass is 665 g/mol. The second-order valence-electron chi connectivity index (χ2n) is 10.1. The molecule has 1 N–H and O–H groups in total. The summed E-state index contributed by atoms with van der Waals surface area (Å²) in [5, 5.41) is 3.21. The summed E-state index contributed by atoms with van der Waals surface area (Å²) in [5.74, 6) is -0.628. The molecule has 0 spiro atoms. The number of anilines is 1. The standard InChI is InChI=1S/C34H36ClN3O5S2/c1-4-43-32-13-9-8-12-30(32)38(45(41,42)29-20-18-28(44-3)19-21-29)24-33(39)37(23-26-14-16-27(35)17-15-26)31(34(40)36-2)22-25-10-6-5-7-11-25/h5-21,31H,4,22-24H2,1-3H3,(H,36,40). The second-order valence-corrected chi connectivity index (χ2v) is 13.2. The number of halogens is 1. The van der Waals surface area contributed by atoms with Crippen LogP contribution in [0.1, 0.15) is 18.1 Å². The van der Waals surface area contributed by atoms with Crippen molar-refractivity contribution < 1.29 is 22.7 Å². The van der Waals surface area contributed by atoms with Gasteiger partial charge in [0.05, 0.1) is 17.2 Å². The van der Waals surface area contributed by atoms with Crippen LogP contribution in [0.3, 0.4) is 0 Å². The second kappa shape index (κ2) is 15.8. The summed E-state index contributed by atoms with van der Waals surface area (Å²) < 4.78 is 35.5. The molecule has 4 aromatic carbocycles. The first-order valence-electron chi connectivity index (χ1n) is 14.4. The zero-order valence-corrected chi connectivity index (χ0v) is 27.7. The highest BCUT2D eigenvalue weighted by atomic mass is 35.5. The quantitative estimate of drug-likeness (QED) is 0.165. The van der Waals surface area contributed by atoms with E-state index in [1.807, 2.05) is 36.6 Å². The van der Waals surface area contributed by atoms with Crippen LogP contribution in [-0.2, 0) is 32.6 Å². The Bertz CT molecular complexity index is 1690. The molecule has 4 rings (SSSR count). The number of rotatable bonds is 14. The summed E-state index contributed by atoms with van der Waals surface area (Å²) in [5.41, 5.74) is 1.79. The fourth-order valence-corrected chi connectivity index (χ4v) is 6.80. The predicted molar refractivity (Wildman–Crippen MR) is 180 cm³/mol. The number of para-hydroxylation sites is 2. The van der Waals surface area contributed by atoms with Gasteiger partial charge in [0.25, 0.3) is 10.0 Å². The predicted octanol–water partition coefficient (Wildman–Crippen LogP) is 6.04. The van der Waals surface area contributed by atoms with E-state index in [2.05, 4.69) is 5.32 Å². The number of nitrogens with zero attached hydrogens (tertiary/aromatic N) is 2. The fraction of sp³-hybridized carbons (Fsp3) is 0.235. The molecule has 8 nitrogen and oxygen atoms in total. The Balaban J connectivity index is 1.82. The number of carbonyl (C=O) groups is 2. The topological polar surface area (TPSA) is 96.0 Å². The van der Waals surface area contributed by atoms with E-state index in [1.54, 1.807) is 67.6 Å². The maximum absolute atomic E-state index is 14.5. The number of amides is 2. The van der Waals surface area contributed by atoms with Gasteiger partial charge in [-0.2, -0.15) is 0 Å². The lowest BCUT2D eigenvalue weighted by atomic mass is 10.0. The maximum atomic E-state index is 14.5. The van der Waals surface area contributed by atoms with E-state index in [0.29, 0.717) is 17.4 Å². The van der Waals surface area contributed by atoms with E-state index >= 15 is 0 Å². The van der Waals surface area contributed by atoms with Crippen LogP contribution in [-0.4, -0.2) is 57.6 Å². The smallest absolute Gasteiger partial charge is 0.264 e. The van der Waals surface area contributed by atoms with E-state index in [1.165, 1.54) is 35.8 Å². The highest BCUT2D eigenvalue weighted by molar-refractivity contribution is 7.98. The van der Waals surface area contributed by atoms with Gasteiger partial charge in [0.1, 0.15) is 18.3 Å². The van der Waals surface area contributed by atoms with Gasteiger partial charge in [0, 0.05) is 29.9 Å². The van der Waals surface area contributed by atoms with Crippen molar-refractivity contribution >= 4 is 50.9 Å². The van der Waals surface area contributed by atoms with Crippen LogP contribution in [0.2, 0.25) is 5.02 Å². The first-order valence-corrected chi connectivity index (χ1v) is 17.4. The molecular formula is C34H36ClN3O5S2. The number of carbonyl (C=O) groups excluding carboxylic acids is 2. The summed E-state index contributed by atoms with van der Waals surface area (Å²) in [4.78, 5) is 30.2. The van der Waals surface area contributed by atoms with Crippen molar-refractivity contribution in [3.8, 4) is 5.75 Å². The van der Waals surface area contributed by atoms with Crippen molar-refractivity contribution in [3.63, 3.8) is 0 Å². The van der Waals surface area contributed by atoms with Gasteiger partial charge in [0.15, 0.2) is 0 Å². The Hall–Kier alpha value is -3.99. The Labute approximate surface area is 274 Å². The third kappa shape index (κ3) is 8.59. The van der Waals surface area contributed by atoms with Crippen LogP contribution in [0.15, 0.2) is 113 Å². The fourth-order valence-electron chi connectivity index (χ4n) is 4.84. The lowest BCUT2D eigenvalue weighted by Gasteiger charge is -2.34. The van der Waals surface area contributed by atoms with Gasteiger partial charge in [-0.25, -0.2) is 8.42 Å². The van der Waals surface area contributed by atoms with E-state index in [9.17, 15) is 18.0 Å². The minimum atomic E-state index is -4.26. The molecule has 2 amide bonds. The summed E-state index contributed by atoms with van der Waals surface area (Å²) in [6.45, 7) is 1.56. The molecule has 0 saturated heterocycles. The molecule has 0 saturated carbocycles. The van der Waals surface area contributed by atoms with Gasteiger partial charge in [-0.05, 0) is 72.8 Å². The van der Waals surface area contributed by atoms with E-state index in [4.69, 9.17) is 16.3 Å². The number of benzene rings is 4.